The first-order valence-corrected chi connectivity index (χ1v) is 8.10. The fourth-order valence-electron chi connectivity index (χ4n) is 4.43. The molecule has 0 spiro atoms. The normalized spacial score (nSPS) is 30.0. The fraction of sp³-hybridized carbons (Fsp3) is 0.556. The van der Waals surface area contributed by atoms with Gasteiger partial charge >= 0.3 is 11.9 Å². The van der Waals surface area contributed by atoms with E-state index in [1.807, 2.05) is 23.1 Å². The number of esters is 2. The van der Waals surface area contributed by atoms with Crippen molar-refractivity contribution < 1.29 is 19.1 Å². The number of hydrogen-bond acceptors (Lipinski definition) is 5. The predicted molar refractivity (Wildman–Crippen MR) is 84.9 cm³/mol. The Morgan fingerprint density at radius 3 is 2.61 bits per heavy atom. The minimum Gasteiger partial charge on any atom is -0.468 e. The number of methoxy groups -OCH3 is 2. The number of rotatable bonds is 4. The highest BCUT2D eigenvalue weighted by Gasteiger charge is 2.61. The van der Waals surface area contributed by atoms with E-state index in [1.165, 1.54) is 14.2 Å². The molecule has 5 heteroatoms. The van der Waals surface area contributed by atoms with Gasteiger partial charge in [0.05, 0.1) is 20.8 Å². The average Bonchev–Trinajstić information content (AvgIpc) is 2.77. The van der Waals surface area contributed by atoms with E-state index in [0.29, 0.717) is 6.42 Å². The van der Waals surface area contributed by atoms with Crippen LogP contribution in [-0.2, 0) is 19.1 Å². The largest absolute Gasteiger partial charge is 0.468 e. The number of ether oxygens (including phenoxy) is 2. The van der Waals surface area contributed by atoms with Crippen molar-refractivity contribution in [1.29, 1.82) is 0 Å². The Hall–Kier alpha value is -1.88. The third kappa shape index (κ3) is 2.53. The highest BCUT2D eigenvalue weighted by Crippen LogP contribution is 2.53. The van der Waals surface area contributed by atoms with Crippen LogP contribution in [0, 0.1) is 0 Å². The maximum Gasteiger partial charge on any atom is 0.326 e. The maximum absolute atomic E-state index is 12.8. The van der Waals surface area contributed by atoms with Crippen LogP contribution in [0.3, 0.4) is 0 Å². The van der Waals surface area contributed by atoms with Crippen molar-refractivity contribution in [2.75, 3.05) is 20.8 Å². The Kier molecular flexibility index (Phi) is 4.39. The van der Waals surface area contributed by atoms with Gasteiger partial charge in [-0.3, -0.25) is 14.5 Å². The van der Waals surface area contributed by atoms with Crippen LogP contribution in [0.1, 0.15) is 37.2 Å². The highest BCUT2D eigenvalue weighted by atomic mass is 16.5. The number of piperidine rings is 1. The molecule has 0 aliphatic carbocycles. The first kappa shape index (κ1) is 16.0. The Labute approximate surface area is 136 Å². The van der Waals surface area contributed by atoms with Crippen molar-refractivity contribution in [2.24, 2.45) is 0 Å². The standard InChI is InChI=1S/C18H23NO4/c1-22-16(20)12-19-14-9-6-10-18(19,17(21)23-2)15(11-14)13-7-4-3-5-8-13/h3-5,7-8,14-15H,6,9-12H2,1-2H3/t14?,15-,18?/m1/s1. The SMILES string of the molecule is COC(=O)CN1C2CCCC1(C(=O)OC)[C@@H](c1ccccc1)C2. The molecule has 2 bridgehead atoms. The molecule has 0 amide bonds. The van der Waals surface area contributed by atoms with Crippen LogP contribution in [-0.4, -0.2) is 49.2 Å². The number of benzene rings is 1. The molecule has 0 N–H and O–H groups in total. The molecular formula is C18H23NO4. The monoisotopic (exact) mass is 317 g/mol. The van der Waals surface area contributed by atoms with Crippen molar-refractivity contribution in [3.8, 4) is 0 Å². The molecule has 2 aliphatic heterocycles. The summed E-state index contributed by atoms with van der Waals surface area (Å²) in [5.74, 6) is -0.496. The third-order valence-corrected chi connectivity index (χ3v) is 5.40. The molecule has 2 unspecified atom stereocenters. The van der Waals surface area contributed by atoms with Crippen LogP contribution < -0.4 is 0 Å². The van der Waals surface area contributed by atoms with Crippen LogP contribution in [0.25, 0.3) is 0 Å². The molecule has 0 radical (unpaired) electrons. The zero-order valence-corrected chi connectivity index (χ0v) is 13.7. The van der Waals surface area contributed by atoms with Crippen LogP contribution in [0.2, 0.25) is 0 Å². The highest BCUT2D eigenvalue weighted by molar-refractivity contribution is 5.84. The number of carbonyl (C=O) groups excluding carboxylic acids is 2. The second-order valence-electron chi connectivity index (χ2n) is 6.36. The molecule has 2 fully saturated rings. The van der Waals surface area contributed by atoms with E-state index < -0.39 is 5.54 Å². The summed E-state index contributed by atoms with van der Waals surface area (Å²) in [6.07, 6.45) is 3.56. The van der Waals surface area contributed by atoms with Gasteiger partial charge in [0.15, 0.2) is 0 Å². The Bertz CT molecular complexity index is 588. The molecule has 2 saturated heterocycles. The average molecular weight is 317 g/mol. The van der Waals surface area contributed by atoms with E-state index >= 15 is 0 Å². The van der Waals surface area contributed by atoms with E-state index in [9.17, 15) is 9.59 Å². The molecule has 124 valence electrons. The summed E-state index contributed by atoms with van der Waals surface area (Å²) < 4.78 is 10.0. The molecule has 2 aliphatic rings. The van der Waals surface area contributed by atoms with Gasteiger partial charge in [-0.15, -0.1) is 0 Å². The molecule has 0 aromatic heterocycles. The van der Waals surface area contributed by atoms with E-state index in [4.69, 9.17) is 9.47 Å². The molecule has 3 rings (SSSR count). The summed E-state index contributed by atoms with van der Waals surface area (Å²) in [6.45, 7) is 0.138. The van der Waals surface area contributed by atoms with Crippen molar-refractivity contribution >= 4 is 11.9 Å². The van der Waals surface area contributed by atoms with Gasteiger partial charge in [0.1, 0.15) is 5.54 Å². The number of hydrogen-bond donors (Lipinski definition) is 0. The first-order valence-electron chi connectivity index (χ1n) is 8.10. The molecular weight excluding hydrogens is 294 g/mol. The van der Waals surface area contributed by atoms with E-state index in [-0.39, 0.29) is 30.4 Å². The van der Waals surface area contributed by atoms with Gasteiger partial charge in [-0.1, -0.05) is 30.3 Å². The predicted octanol–water partition coefficient (Wildman–Crippen LogP) is 2.11. The second kappa shape index (κ2) is 6.32. The van der Waals surface area contributed by atoms with Gasteiger partial charge in [-0.05, 0) is 31.2 Å². The van der Waals surface area contributed by atoms with Crippen molar-refractivity contribution in [2.45, 2.75) is 43.2 Å². The Morgan fingerprint density at radius 2 is 1.96 bits per heavy atom. The van der Waals surface area contributed by atoms with Gasteiger partial charge in [0.25, 0.3) is 0 Å². The summed E-state index contributed by atoms with van der Waals surface area (Å²) in [5.41, 5.74) is 0.380. The van der Waals surface area contributed by atoms with E-state index in [0.717, 1.165) is 24.8 Å². The molecule has 23 heavy (non-hydrogen) atoms. The molecule has 5 nitrogen and oxygen atoms in total. The zero-order valence-electron chi connectivity index (χ0n) is 13.7. The van der Waals surface area contributed by atoms with Crippen molar-refractivity contribution in [3.63, 3.8) is 0 Å². The van der Waals surface area contributed by atoms with Crippen LogP contribution in [0.15, 0.2) is 30.3 Å². The topological polar surface area (TPSA) is 55.8 Å². The van der Waals surface area contributed by atoms with Gasteiger partial charge in [0.2, 0.25) is 0 Å². The summed E-state index contributed by atoms with van der Waals surface area (Å²) in [7, 11) is 2.81. The van der Waals surface area contributed by atoms with E-state index in [1.54, 1.807) is 0 Å². The second-order valence-corrected chi connectivity index (χ2v) is 6.36. The quantitative estimate of drug-likeness (QED) is 0.796. The number of fused-ring (bicyclic) bond motifs is 2. The van der Waals surface area contributed by atoms with Gasteiger partial charge in [-0.2, -0.15) is 0 Å². The summed E-state index contributed by atoms with van der Waals surface area (Å²) >= 11 is 0. The van der Waals surface area contributed by atoms with E-state index in [2.05, 4.69) is 12.1 Å². The summed E-state index contributed by atoms with van der Waals surface area (Å²) in [6, 6.07) is 10.3. The minimum atomic E-state index is -0.757. The molecule has 3 atom stereocenters. The lowest BCUT2D eigenvalue weighted by Gasteiger charge is -2.44. The van der Waals surface area contributed by atoms with Crippen molar-refractivity contribution in [1.82, 2.24) is 4.90 Å². The first-order chi connectivity index (χ1) is 11.1. The van der Waals surface area contributed by atoms with Gasteiger partial charge in [-0.25, -0.2) is 0 Å². The summed E-state index contributed by atoms with van der Waals surface area (Å²) in [4.78, 5) is 26.7. The minimum absolute atomic E-state index is 0.0494. The molecule has 0 saturated carbocycles. The van der Waals surface area contributed by atoms with Crippen LogP contribution >= 0.6 is 0 Å². The van der Waals surface area contributed by atoms with Crippen LogP contribution in [0.5, 0.6) is 0 Å². The Morgan fingerprint density at radius 1 is 1.22 bits per heavy atom. The fourth-order valence-corrected chi connectivity index (χ4v) is 4.43. The molecule has 1 aromatic carbocycles. The lowest BCUT2D eigenvalue weighted by atomic mass is 9.77. The third-order valence-electron chi connectivity index (χ3n) is 5.40. The van der Waals surface area contributed by atoms with Crippen LogP contribution in [0.4, 0.5) is 0 Å². The molecule has 1 aromatic rings. The lowest BCUT2D eigenvalue weighted by molar-refractivity contribution is -0.161. The number of carbonyl (C=O) groups is 2. The number of nitrogens with zero attached hydrogens (tertiary/aromatic N) is 1. The maximum atomic E-state index is 12.8. The zero-order chi connectivity index (χ0) is 16.4. The van der Waals surface area contributed by atoms with Gasteiger partial charge < -0.3 is 9.47 Å². The Balaban J connectivity index is 2.04. The molecule has 2 heterocycles. The lowest BCUT2D eigenvalue weighted by Crippen LogP contribution is -2.59. The summed E-state index contributed by atoms with van der Waals surface area (Å²) in [5, 5.41) is 0. The van der Waals surface area contributed by atoms with Crippen molar-refractivity contribution in [3.05, 3.63) is 35.9 Å². The smallest absolute Gasteiger partial charge is 0.326 e. The van der Waals surface area contributed by atoms with Gasteiger partial charge in [0, 0.05) is 12.0 Å².